The molecule has 8 N–H and O–H groups in total. The fraction of sp³-hybridized carbons (Fsp3) is 0.329. The lowest BCUT2D eigenvalue weighted by Gasteiger charge is -2.50. The third kappa shape index (κ3) is 33.1. The minimum atomic E-state index is -1.95. The normalized spacial score (nSPS) is 13.7. The Kier molecular flexibility index (Phi) is 47.9. The predicted octanol–water partition coefficient (Wildman–Crippen LogP) is 19.6. The van der Waals surface area contributed by atoms with E-state index in [0.717, 1.165) is 21.3 Å². The van der Waals surface area contributed by atoms with Gasteiger partial charge in [-0.25, -0.2) is 24.0 Å². The highest BCUT2D eigenvalue weighted by Crippen LogP contribution is 2.48. The van der Waals surface area contributed by atoms with Crippen LogP contribution in [0.15, 0.2) is 158 Å². The minimum Gasteiger partial charge on any atom is -0.543 e. The number of carboxylic acid groups (broad SMARTS) is 5. The van der Waals surface area contributed by atoms with Crippen molar-refractivity contribution in [1.82, 2.24) is 0 Å². The lowest BCUT2D eigenvalue weighted by Crippen LogP contribution is -2.57. The second-order valence-electron chi connectivity index (χ2n) is 22.6. The van der Waals surface area contributed by atoms with Gasteiger partial charge in [0, 0.05) is 67.2 Å². The van der Waals surface area contributed by atoms with Gasteiger partial charge in [-0.1, -0.05) is 126 Å². The molecule has 3 aliphatic rings. The number of aromatic hydroxyl groups is 3. The summed E-state index contributed by atoms with van der Waals surface area (Å²) < 4.78 is 35.8. The molecule has 21 nitrogen and oxygen atoms in total. The molecule has 9 rings (SSSR count). The van der Waals surface area contributed by atoms with Gasteiger partial charge >= 0.3 is 47.8 Å². The van der Waals surface area contributed by atoms with Gasteiger partial charge in [0.15, 0.2) is 0 Å². The third-order valence-corrected chi connectivity index (χ3v) is 19.1. The summed E-state index contributed by atoms with van der Waals surface area (Å²) >= 11 is 9.65. The third-order valence-electron chi connectivity index (χ3n) is 13.8. The number of hydrogen-bond acceptors (Lipinski definition) is 16. The Morgan fingerprint density at radius 1 is 0.485 bits per heavy atom. The van der Waals surface area contributed by atoms with Crippen molar-refractivity contribution in [2.75, 3.05) is 25.7 Å². The Labute approximate surface area is 621 Å². The zero-order chi connectivity index (χ0) is 79.7. The van der Waals surface area contributed by atoms with Crippen LogP contribution in [0.25, 0.3) is 0 Å². The Balaban J connectivity index is -0.000000552. The number of carboxylic acids is 5. The molecule has 101 heavy (non-hydrogen) atoms. The van der Waals surface area contributed by atoms with Crippen LogP contribution in [0.1, 0.15) is 160 Å². The first-order valence-electron chi connectivity index (χ1n) is 30.7. The van der Waals surface area contributed by atoms with E-state index in [1.165, 1.54) is 86.6 Å². The molecule has 0 atom stereocenters. The van der Waals surface area contributed by atoms with Crippen molar-refractivity contribution >= 4 is 97.9 Å². The average molecular weight is 1620 g/mol. The van der Waals surface area contributed by atoms with Crippen molar-refractivity contribution in [2.45, 2.75) is 135 Å². The molecule has 3 heterocycles. The van der Waals surface area contributed by atoms with Crippen LogP contribution in [0, 0.1) is 47.0 Å². The highest BCUT2D eigenvalue weighted by molar-refractivity contribution is 9.10. The SMILES string of the molecule is C=C.C=C.C=CC.C=CC.CBr.CC.CC(=O)Oc1cccc(C(=O)O)c1C.CC(=O)Oc1cccc(C(=O)O)c1C.Cc1c(O)cc(Br)cc1C(=O)O.Cc1c(O)cccc1C(=O)O.Cc1c(O)cccc1C(=O)O.Cc1c(O[Si](C)(C)C(C)(C)C)cc(Br)cc1C12OCC(C)(CO1)CO2. The monoisotopic (exact) mass is 1610 g/mol. The topological polar surface area (TPSA) is 337 Å². The summed E-state index contributed by atoms with van der Waals surface area (Å²) in [6.45, 7) is 54.2. The summed E-state index contributed by atoms with van der Waals surface area (Å²) in [5.74, 6) is -3.88. The van der Waals surface area contributed by atoms with Gasteiger partial charge in [0.2, 0.25) is 8.32 Å². The molecule has 0 saturated carbocycles. The average Bonchev–Trinajstić information content (AvgIpc) is 0.748. The fourth-order valence-corrected chi connectivity index (χ4v) is 9.57. The van der Waals surface area contributed by atoms with Crippen molar-refractivity contribution in [3.8, 4) is 34.5 Å². The Morgan fingerprint density at radius 3 is 1.06 bits per heavy atom. The molecule has 0 aromatic heterocycles. The molecule has 6 aromatic carbocycles. The number of fused-ring (bicyclic) bond motifs is 3. The van der Waals surface area contributed by atoms with Gasteiger partial charge in [-0.2, -0.15) is 0 Å². The predicted molar refractivity (Wildman–Crippen MR) is 411 cm³/mol. The maximum atomic E-state index is 10.7. The van der Waals surface area contributed by atoms with Gasteiger partial charge in [-0.05, 0) is 152 Å². The van der Waals surface area contributed by atoms with Gasteiger partial charge < -0.3 is 69.0 Å². The highest BCUT2D eigenvalue weighted by atomic mass is 79.9. The number of carbonyl (C=O) groups is 7. The van der Waals surface area contributed by atoms with E-state index in [4.69, 9.17) is 63.9 Å². The highest BCUT2D eigenvalue weighted by Gasteiger charge is 2.53. The molecule has 25 heteroatoms. The first-order valence-corrected chi connectivity index (χ1v) is 36.8. The van der Waals surface area contributed by atoms with Crippen molar-refractivity contribution in [1.29, 1.82) is 0 Å². The number of carbonyl (C=O) groups excluding carboxylic acids is 2. The molecule has 0 unspecified atom stereocenters. The van der Waals surface area contributed by atoms with E-state index in [9.17, 15) is 38.7 Å². The number of rotatable bonds is 10. The summed E-state index contributed by atoms with van der Waals surface area (Å²) in [5, 5.41) is 70.9. The molecule has 3 aliphatic heterocycles. The number of benzene rings is 6. The summed E-state index contributed by atoms with van der Waals surface area (Å²) in [5.41, 5.74) is 4.62. The quantitative estimate of drug-likeness (QED) is 0.0208. The number of hydrogen-bond donors (Lipinski definition) is 8. The molecule has 2 bridgehead atoms. The summed E-state index contributed by atoms with van der Waals surface area (Å²) in [4.78, 5) is 74.3. The number of phenolic OH excluding ortho intramolecular Hbond substituents is 3. The van der Waals surface area contributed by atoms with Gasteiger partial charge in [0.1, 0.15) is 34.5 Å². The second-order valence-corrected chi connectivity index (χ2v) is 29.1. The van der Waals surface area contributed by atoms with Crippen LogP contribution < -0.4 is 13.9 Å². The maximum Gasteiger partial charge on any atom is 0.336 e. The Bertz CT molecular complexity index is 3520. The number of allylic oxidation sites excluding steroid dienone is 2. The lowest BCUT2D eigenvalue weighted by molar-refractivity contribution is -0.477. The number of alkyl halides is 1. The van der Waals surface area contributed by atoms with E-state index in [0.29, 0.717) is 52.1 Å². The van der Waals surface area contributed by atoms with Crippen molar-refractivity contribution in [2.24, 2.45) is 5.41 Å². The molecular formula is C76H101Br3O21Si. The minimum absolute atomic E-state index is 0.0122. The molecule has 0 amide bonds. The number of esters is 2. The second kappa shape index (κ2) is 49.0. The first kappa shape index (κ1) is 98.7. The molecular weight excluding hydrogens is 1520 g/mol. The molecule has 6 aromatic rings. The molecule has 0 radical (unpaired) electrons. The van der Waals surface area contributed by atoms with Crippen LogP contribution in [0.3, 0.4) is 0 Å². The summed E-state index contributed by atoms with van der Waals surface area (Å²) in [7, 11) is -1.95. The van der Waals surface area contributed by atoms with Crippen molar-refractivity contribution < 1.29 is 103 Å². The van der Waals surface area contributed by atoms with Gasteiger partial charge in [-0.3, -0.25) is 9.59 Å². The van der Waals surface area contributed by atoms with Crippen LogP contribution >= 0.6 is 47.8 Å². The van der Waals surface area contributed by atoms with Crippen molar-refractivity contribution in [3.63, 3.8) is 0 Å². The maximum absolute atomic E-state index is 10.7. The summed E-state index contributed by atoms with van der Waals surface area (Å²) in [6, 6.07) is 24.9. The van der Waals surface area contributed by atoms with Gasteiger partial charge in [-0.15, -0.1) is 39.5 Å². The zero-order valence-corrected chi connectivity index (χ0v) is 67.0. The van der Waals surface area contributed by atoms with Crippen molar-refractivity contribution in [3.05, 3.63) is 224 Å². The van der Waals surface area contributed by atoms with E-state index in [2.05, 4.69) is 135 Å². The zero-order valence-electron chi connectivity index (χ0n) is 61.3. The smallest absolute Gasteiger partial charge is 0.336 e. The van der Waals surface area contributed by atoms with Crippen LogP contribution in [0.2, 0.25) is 18.1 Å². The van der Waals surface area contributed by atoms with Gasteiger partial charge in [0.25, 0.3) is 0 Å². The van der Waals surface area contributed by atoms with Gasteiger partial charge in [0.05, 0.1) is 47.6 Å². The number of phenols is 3. The lowest BCUT2D eigenvalue weighted by atomic mass is 9.90. The summed E-state index contributed by atoms with van der Waals surface area (Å²) in [6.07, 6.45) is 3.50. The van der Waals surface area contributed by atoms with Crippen LogP contribution in [0.5, 0.6) is 34.5 Å². The Hall–Kier alpha value is -8.69. The fourth-order valence-electron chi connectivity index (χ4n) is 7.62. The van der Waals surface area contributed by atoms with E-state index in [-0.39, 0.29) is 67.0 Å². The molecule has 0 aliphatic carbocycles. The first-order chi connectivity index (χ1) is 47.0. The molecule has 3 fully saturated rings. The van der Waals surface area contributed by atoms with Crippen LogP contribution in [-0.4, -0.2) is 117 Å². The molecule has 3 saturated heterocycles. The molecule has 0 spiro atoms. The largest absolute Gasteiger partial charge is 0.543 e. The van der Waals surface area contributed by atoms with Crippen LogP contribution in [-0.2, 0) is 29.8 Å². The van der Waals surface area contributed by atoms with E-state index >= 15 is 0 Å². The number of ether oxygens (including phenoxy) is 5. The standard InChI is InChI=1S/C19H29BrO4Si.2C10H10O4.C8H7BrO3.2C8H8O3.2C3H6.C2H6.2C2H4.CH3Br/c1-13-15(19-21-10-18(5,11-22-19)12-23-19)8-14(20)9-16(13)24-25(6,7)17(2,3)4;2*1-6-8(10(12)13)4-3-5-9(6)14-7(2)11;1-4-6(8(11)12)2-5(9)3-7(4)10;2*1-5-6(8(10)11)3-2-4-7(5)9;2*1-3-2;4*1-2/h8-9H,10-12H2,1-7H3;2*3-5H,1-2H3,(H,12,13);2-3,10H,1H3,(H,11,12);2*2-4,9H,1H3,(H,10,11);2*3H,1H2,2H3;1-2H3;2*1-2H2;1H3. The molecule has 556 valence electrons. The Morgan fingerprint density at radius 2 is 0.772 bits per heavy atom. The van der Waals surface area contributed by atoms with E-state index in [1.54, 1.807) is 58.9 Å². The van der Waals surface area contributed by atoms with Crippen LogP contribution in [0.4, 0.5) is 0 Å². The van der Waals surface area contributed by atoms with E-state index < -0.39 is 56.1 Å². The number of halogens is 3. The van der Waals surface area contributed by atoms with E-state index in [1.807, 2.05) is 45.7 Å². The number of aromatic carboxylic acids is 5.